The van der Waals surface area contributed by atoms with Gasteiger partial charge in [-0.15, -0.1) is 0 Å². The quantitative estimate of drug-likeness (QED) is 0.219. The summed E-state index contributed by atoms with van der Waals surface area (Å²) in [6, 6.07) is 29.6. The third-order valence-corrected chi connectivity index (χ3v) is 6.42. The second kappa shape index (κ2) is 11.1. The summed E-state index contributed by atoms with van der Waals surface area (Å²) in [7, 11) is 2.93. The zero-order chi connectivity index (χ0) is 28.2. The van der Waals surface area contributed by atoms with E-state index in [4.69, 9.17) is 9.47 Å². The van der Waals surface area contributed by atoms with Gasteiger partial charge in [-0.25, -0.2) is 9.69 Å². The Kier molecular flexibility index (Phi) is 7.24. The van der Waals surface area contributed by atoms with Crippen LogP contribution in [-0.2, 0) is 7.05 Å². The van der Waals surface area contributed by atoms with E-state index in [1.165, 1.54) is 18.7 Å². The lowest BCUT2D eigenvalue weighted by Gasteiger charge is -2.23. The molecule has 2 amide bonds. The molecule has 0 spiro atoms. The second-order valence-corrected chi connectivity index (χ2v) is 8.83. The monoisotopic (exact) mass is 532 g/mol. The number of ether oxygens (including phenoxy) is 2. The number of imide groups is 1. The number of rotatable bonds is 6. The number of fused-ring (bicyclic) bond motifs is 1. The van der Waals surface area contributed by atoms with Crippen LogP contribution in [0.4, 0.5) is 5.69 Å². The molecule has 0 saturated heterocycles. The van der Waals surface area contributed by atoms with E-state index in [2.05, 4.69) is 0 Å². The highest BCUT2D eigenvalue weighted by atomic mass is 16.5. The van der Waals surface area contributed by atoms with E-state index in [9.17, 15) is 19.2 Å². The van der Waals surface area contributed by atoms with Gasteiger partial charge in [0.15, 0.2) is 5.75 Å². The van der Waals surface area contributed by atoms with Crippen molar-refractivity contribution in [1.82, 2.24) is 4.57 Å². The molecule has 0 saturated carbocycles. The number of hydrogen-bond donors (Lipinski definition) is 0. The first-order valence-corrected chi connectivity index (χ1v) is 12.4. The van der Waals surface area contributed by atoms with E-state index in [1.54, 1.807) is 109 Å². The van der Waals surface area contributed by atoms with Crippen LogP contribution in [0.1, 0.15) is 31.1 Å². The number of pyridine rings is 1. The Morgan fingerprint density at radius 3 is 1.88 bits per heavy atom. The summed E-state index contributed by atoms with van der Waals surface area (Å²) in [5.74, 6) is -2.41. The summed E-state index contributed by atoms with van der Waals surface area (Å²) in [4.78, 5) is 56.1. The van der Waals surface area contributed by atoms with Crippen LogP contribution >= 0.6 is 0 Å². The van der Waals surface area contributed by atoms with Gasteiger partial charge in [0.2, 0.25) is 0 Å². The van der Waals surface area contributed by atoms with Gasteiger partial charge in [-0.3, -0.25) is 14.4 Å². The Labute approximate surface area is 229 Å². The molecule has 0 unspecified atom stereocenters. The third kappa shape index (κ3) is 4.74. The molecule has 0 atom stereocenters. The van der Waals surface area contributed by atoms with Crippen molar-refractivity contribution in [3.05, 3.63) is 136 Å². The zero-order valence-electron chi connectivity index (χ0n) is 21.7. The smallest absolute Gasteiger partial charge is 0.343 e. The number of hydrogen-bond acceptors (Lipinski definition) is 6. The lowest BCUT2D eigenvalue weighted by atomic mass is 10.1. The van der Waals surface area contributed by atoms with Crippen LogP contribution in [0.5, 0.6) is 11.5 Å². The van der Waals surface area contributed by atoms with Gasteiger partial charge in [-0.05, 0) is 48.5 Å². The Morgan fingerprint density at radius 2 is 1.27 bits per heavy atom. The van der Waals surface area contributed by atoms with E-state index >= 15 is 0 Å². The average Bonchev–Trinajstić information content (AvgIpc) is 3.00. The maximum Gasteiger partial charge on any atom is 0.343 e. The van der Waals surface area contributed by atoms with Crippen molar-refractivity contribution in [2.24, 2.45) is 7.05 Å². The molecule has 0 radical (unpaired) electrons. The third-order valence-electron chi connectivity index (χ3n) is 6.42. The molecule has 0 aliphatic rings. The summed E-state index contributed by atoms with van der Waals surface area (Å²) < 4.78 is 12.6. The van der Waals surface area contributed by atoms with Crippen LogP contribution in [0.2, 0.25) is 0 Å². The first kappa shape index (κ1) is 26.1. The van der Waals surface area contributed by atoms with E-state index < -0.39 is 28.9 Å². The van der Waals surface area contributed by atoms with Crippen LogP contribution in [0.3, 0.4) is 0 Å². The summed E-state index contributed by atoms with van der Waals surface area (Å²) >= 11 is 0. The number of nitrogens with zero attached hydrogens (tertiary/aromatic N) is 2. The molecule has 1 heterocycles. The van der Waals surface area contributed by atoms with Gasteiger partial charge in [0, 0.05) is 12.6 Å². The average molecular weight is 533 g/mol. The molecular weight excluding hydrogens is 508 g/mol. The van der Waals surface area contributed by atoms with Crippen molar-refractivity contribution in [2.75, 3.05) is 12.0 Å². The molecule has 8 nitrogen and oxygen atoms in total. The predicted molar refractivity (Wildman–Crippen MR) is 151 cm³/mol. The van der Waals surface area contributed by atoms with E-state index in [0.29, 0.717) is 5.52 Å². The molecule has 0 fully saturated rings. The van der Waals surface area contributed by atoms with Gasteiger partial charge >= 0.3 is 5.97 Å². The summed E-state index contributed by atoms with van der Waals surface area (Å²) in [5.41, 5.74) is -0.177. The summed E-state index contributed by atoms with van der Waals surface area (Å²) in [5, 5.41) is 0.236. The highest BCUT2D eigenvalue weighted by Gasteiger charge is 2.34. The molecule has 0 N–H and O–H groups in total. The van der Waals surface area contributed by atoms with Crippen molar-refractivity contribution < 1.29 is 23.9 Å². The molecule has 198 valence electrons. The highest BCUT2D eigenvalue weighted by Crippen LogP contribution is 2.37. The topological polar surface area (TPSA) is 94.9 Å². The predicted octanol–water partition coefficient (Wildman–Crippen LogP) is 5.25. The molecular formula is C32H24N2O6. The number of aryl methyl sites for hydroxylation is 1. The fourth-order valence-electron chi connectivity index (χ4n) is 4.44. The van der Waals surface area contributed by atoms with Crippen molar-refractivity contribution in [1.29, 1.82) is 0 Å². The fraction of sp³-hybridized carbons (Fsp3) is 0.0625. The SMILES string of the molecule is COc1cccc2c1c(OC(=O)c1ccccc1)c(C(=O)N(C(=O)c1ccccc1)c1ccccc1)c(=O)n2C. The minimum atomic E-state index is -0.954. The number of para-hydroxylation sites is 1. The standard InChI is InChI=1S/C32H24N2O6/c1-33-24-19-12-20-25(39-2)26(24)28(40-32(38)22-15-8-4-9-16-22)27(30(33)36)31(37)34(23-17-10-5-11-18-23)29(35)21-13-6-3-7-14-21/h3-20H,1-2H3. The normalized spacial score (nSPS) is 10.7. The van der Waals surface area contributed by atoms with Crippen molar-refractivity contribution in [2.45, 2.75) is 0 Å². The second-order valence-electron chi connectivity index (χ2n) is 8.83. The first-order chi connectivity index (χ1) is 19.4. The molecule has 0 aliphatic carbocycles. The van der Waals surface area contributed by atoms with Crippen LogP contribution in [0, 0.1) is 0 Å². The summed E-state index contributed by atoms with van der Waals surface area (Å²) in [6.07, 6.45) is 0. The van der Waals surface area contributed by atoms with Gasteiger partial charge in [-0.2, -0.15) is 0 Å². The van der Waals surface area contributed by atoms with Crippen molar-refractivity contribution in [3.63, 3.8) is 0 Å². The van der Waals surface area contributed by atoms with Crippen LogP contribution in [0.25, 0.3) is 10.9 Å². The lowest BCUT2D eigenvalue weighted by molar-refractivity contribution is 0.0734. The van der Waals surface area contributed by atoms with Gasteiger partial charge in [0.25, 0.3) is 17.4 Å². The number of esters is 1. The highest BCUT2D eigenvalue weighted by molar-refractivity contribution is 6.27. The maximum atomic E-state index is 14.4. The minimum absolute atomic E-state index is 0.213. The minimum Gasteiger partial charge on any atom is -0.496 e. The van der Waals surface area contributed by atoms with Crippen molar-refractivity contribution in [3.8, 4) is 11.5 Å². The summed E-state index contributed by atoms with van der Waals surface area (Å²) in [6.45, 7) is 0. The van der Waals surface area contributed by atoms with Crippen LogP contribution in [0.15, 0.2) is 114 Å². The Hall–Kier alpha value is -5.50. The van der Waals surface area contributed by atoms with E-state index in [-0.39, 0.29) is 33.7 Å². The largest absolute Gasteiger partial charge is 0.496 e. The Balaban J connectivity index is 1.78. The first-order valence-electron chi connectivity index (χ1n) is 12.4. The van der Waals surface area contributed by atoms with E-state index in [0.717, 1.165) is 4.90 Å². The number of aromatic nitrogens is 1. The molecule has 1 aromatic heterocycles. The van der Waals surface area contributed by atoms with Crippen LogP contribution in [-0.4, -0.2) is 29.5 Å². The molecule has 8 heteroatoms. The molecule has 4 aromatic carbocycles. The number of amides is 2. The molecule has 5 rings (SSSR count). The molecule has 40 heavy (non-hydrogen) atoms. The molecule has 0 aliphatic heterocycles. The van der Waals surface area contributed by atoms with E-state index in [1.807, 2.05) is 0 Å². The van der Waals surface area contributed by atoms with Gasteiger partial charge in [0.1, 0.15) is 11.3 Å². The number of anilines is 1. The number of methoxy groups -OCH3 is 1. The van der Waals surface area contributed by atoms with Crippen molar-refractivity contribution >= 4 is 34.4 Å². The van der Waals surface area contributed by atoms with Gasteiger partial charge < -0.3 is 14.0 Å². The van der Waals surface area contributed by atoms with Gasteiger partial charge in [-0.1, -0.05) is 60.7 Å². The maximum absolute atomic E-state index is 14.4. The van der Waals surface area contributed by atoms with Gasteiger partial charge in [0.05, 0.1) is 29.3 Å². The number of carbonyl (C=O) groups excluding carboxylic acids is 3. The fourth-order valence-corrected chi connectivity index (χ4v) is 4.44. The number of carbonyl (C=O) groups is 3. The molecule has 5 aromatic rings. The zero-order valence-corrected chi connectivity index (χ0v) is 21.7. The lowest BCUT2D eigenvalue weighted by Crippen LogP contribution is -2.41. The number of benzene rings is 4. The van der Waals surface area contributed by atoms with Crippen LogP contribution < -0.4 is 19.9 Å². The Morgan fingerprint density at radius 1 is 0.700 bits per heavy atom. The Bertz CT molecular complexity index is 1780. The molecule has 0 bridgehead atoms.